The number of rotatable bonds is 2. The summed E-state index contributed by atoms with van der Waals surface area (Å²) in [6.07, 6.45) is 0. The molecule has 0 unspecified atom stereocenters. The van der Waals surface area contributed by atoms with Crippen molar-refractivity contribution in [2.45, 2.75) is 0 Å². The van der Waals surface area contributed by atoms with Gasteiger partial charge in [0.15, 0.2) is 0 Å². The van der Waals surface area contributed by atoms with Crippen molar-refractivity contribution in [1.82, 2.24) is 0 Å². The van der Waals surface area contributed by atoms with Crippen LogP contribution in [0.25, 0.3) is 88.0 Å². The summed E-state index contributed by atoms with van der Waals surface area (Å²) in [7, 11) is 0. The van der Waals surface area contributed by atoms with Gasteiger partial charge < -0.3 is 13.6 Å². The lowest BCUT2D eigenvalue weighted by atomic mass is 9.90. The molecule has 9 aromatic rings. The fourth-order valence-electron chi connectivity index (χ4n) is 6.86. The second kappa shape index (κ2) is 8.37. The van der Waals surface area contributed by atoms with Crippen molar-refractivity contribution in [3.63, 3.8) is 0 Å². The molecule has 0 aliphatic carbocycles. The smallest absolute Gasteiger partial charge is 0.136 e. The van der Waals surface area contributed by atoms with Crippen LogP contribution in [0.2, 0.25) is 0 Å². The van der Waals surface area contributed by atoms with Gasteiger partial charge in [0, 0.05) is 32.5 Å². The molecule has 0 saturated carbocycles. The zero-order valence-corrected chi connectivity index (χ0v) is 22.9. The van der Waals surface area contributed by atoms with Crippen LogP contribution in [0.4, 0.5) is 0 Å². The van der Waals surface area contributed by atoms with Crippen LogP contribution in [0.3, 0.4) is 0 Å². The Balaban J connectivity index is 1.09. The normalized spacial score (nSPS) is 12.4. The van der Waals surface area contributed by atoms with Gasteiger partial charge in [0.05, 0.1) is 0 Å². The highest BCUT2D eigenvalue weighted by Crippen LogP contribution is 2.48. The van der Waals surface area contributed by atoms with Crippen molar-refractivity contribution >= 4 is 54.6 Å². The third kappa shape index (κ3) is 3.25. The van der Waals surface area contributed by atoms with Crippen LogP contribution in [-0.4, -0.2) is 0 Å². The average molecular weight is 551 g/mol. The van der Waals surface area contributed by atoms with E-state index in [0.717, 1.165) is 88.6 Å². The first kappa shape index (κ1) is 22.8. The molecule has 2 aromatic heterocycles. The van der Waals surface area contributed by atoms with E-state index in [0.29, 0.717) is 0 Å². The Bertz CT molecular complexity index is 2600. The van der Waals surface area contributed by atoms with E-state index in [-0.39, 0.29) is 0 Å². The van der Waals surface area contributed by atoms with Gasteiger partial charge in [-0.25, -0.2) is 0 Å². The molecule has 0 N–H and O–H groups in total. The van der Waals surface area contributed by atoms with Gasteiger partial charge in [-0.1, -0.05) is 78.9 Å². The Morgan fingerprint density at radius 3 is 1.70 bits per heavy atom. The van der Waals surface area contributed by atoms with Crippen molar-refractivity contribution in [3.05, 3.63) is 133 Å². The minimum absolute atomic E-state index is 0.872. The maximum atomic E-state index is 6.50. The Morgan fingerprint density at radius 1 is 0.326 bits per heavy atom. The zero-order chi connectivity index (χ0) is 28.1. The lowest BCUT2D eigenvalue weighted by Crippen LogP contribution is -1.97. The van der Waals surface area contributed by atoms with Gasteiger partial charge in [0.1, 0.15) is 33.8 Å². The van der Waals surface area contributed by atoms with Crippen LogP contribution >= 0.6 is 0 Å². The van der Waals surface area contributed by atoms with E-state index in [1.165, 1.54) is 10.9 Å². The topological polar surface area (TPSA) is 35.5 Å². The third-order valence-corrected chi connectivity index (χ3v) is 8.90. The maximum absolute atomic E-state index is 6.50. The number of ether oxygens (including phenoxy) is 1. The summed E-state index contributed by atoms with van der Waals surface area (Å²) in [4.78, 5) is 0. The summed E-state index contributed by atoms with van der Waals surface area (Å²) in [6, 6.07) is 46.6. The van der Waals surface area contributed by atoms with Gasteiger partial charge in [-0.15, -0.1) is 0 Å². The minimum atomic E-state index is 0.872. The van der Waals surface area contributed by atoms with E-state index in [4.69, 9.17) is 13.6 Å². The third-order valence-electron chi connectivity index (χ3n) is 8.90. The highest BCUT2D eigenvalue weighted by atomic mass is 16.5. The summed E-state index contributed by atoms with van der Waals surface area (Å²) in [6.45, 7) is 0. The van der Waals surface area contributed by atoms with E-state index >= 15 is 0 Å². The number of hydrogen-bond donors (Lipinski definition) is 0. The standard InChI is InChI=1S/C40H22O3/c1-3-10-34-27(6-1)29-15-12-23(20-37(29)42-34)24-13-16-30-31-17-14-25(22-39(31)43-38(30)21-24)26-18-19-36-40-32(26)8-5-9-33(40)28-7-2-4-11-35(28)41-36/h1-22H. The van der Waals surface area contributed by atoms with Crippen molar-refractivity contribution < 1.29 is 13.6 Å². The van der Waals surface area contributed by atoms with Gasteiger partial charge in [0.25, 0.3) is 0 Å². The van der Waals surface area contributed by atoms with E-state index in [1.54, 1.807) is 0 Å². The molecule has 43 heavy (non-hydrogen) atoms. The quantitative estimate of drug-likeness (QED) is 0.215. The molecule has 0 radical (unpaired) electrons. The number of benzene rings is 7. The SMILES string of the molecule is c1ccc2c(c1)Oc1ccc(-c3ccc4c(c3)oc3cc(-c5ccc6c(c5)oc5ccccc56)ccc34)c3cccc-2c13. The van der Waals surface area contributed by atoms with Gasteiger partial charge in [-0.2, -0.15) is 0 Å². The van der Waals surface area contributed by atoms with Crippen LogP contribution in [0, 0.1) is 0 Å². The van der Waals surface area contributed by atoms with Gasteiger partial charge in [0.2, 0.25) is 0 Å². The monoisotopic (exact) mass is 550 g/mol. The molecule has 1 aliphatic rings. The molecular formula is C40H22O3. The fraction of sp³-hybridized carbons (Fsp3) is 0. The van der Waals surface area contributed by atoms with Crippen LogP contribution in [0.15, 0.2) is 142 Å². The average Bonchev–Trinajstić information content (AvgIpc) is 3.62. The number of furan rings is 2. The van der Waals surface area contributed by atoms with Crippen molar-refractivity contribution in [2.24, 2.45) is 0 Å². The lowest BCUT2D eigenvalue weighted by Gasteiger charge is -2.22. The Kier molecular flexibility index (Phi) is 4.45. The van der Waals surface area contributed by atoms with Gasteiger partial charge >= 0.3 is 0 Å². The molecule has 7 aromatic carbocycles. The summed E-state index contributed by atoms with van der Waals surface area (Å²) >= 11 is 0. The summed E-state index contributed by atoms with van der Waals surface area (Å²) < 4.78 is 19.0. The summed E-state index contributed by atoms with van der Waals surface area (Å²) in [5, 5.41) is 6.81. The molecule has 0 bridgehead atoms. The van der Waals surface area contributed by atoms with E-state index in [9.17, 15) is 0 Å². The molecule has 0 amide bonds. The fourth-order valence-corrected chi connectivity index (χ4v) is 6.86. The molecule has 0 spiro atoms. The number of hydrogen-bond acceptors (Lipinski definition) is 3. The highest BCUT2D eigenvalue weighted by molar-refractivity contribution is 6.12. The highest BCUT2D eigenvalue weighted by Gasteiger charge is 2.21. The molecule has 0 saturated heterocycles. The van der Waals surface area contributed by atoms with E-state index < -0.39 is 0 Å². The zero-order valence-electron chi connectivity index (χ0n) is 22.9. The minimum Gasteiger partial charge on any atom is -0.456 e. The molecule has 3 nitrogen and oxygen atoms in total. The largest absolute Gasteiger partial charge is 0.456 e. The molecule has 200 valence electrons. The van der Waals surface area contributed by atoms with Crippen molar-refractivity contribution in [1.29, 1.82) is 0 Å². The second-order valence-corrected chi connectivity index (χ2v) is 11.3. The Labute approximate surface area is 246 Å². The summed E-state index contributed by atoms with van der Waals surface area (Å²) in [5.41, 5.74) is 10.3. The maximum Gasteiger partial charge on any atom is 0.136 e. The van der Waals surface area contributed by atoms with Crippen LogP contribution in [0.5, 0.6) is 11.5 Å². The molecule has 0 atom stereocenters. The first-order chi connectivity index (χ1) is 21.3. The van der Waals surface area contributed by atoms with E-state index in [2.05, 4.69) is 103 Å². The van der Waals surface area contributed by atoms with Crippen molar-refractivity contribution in [2.75, 3.05) is 0 Å². The molecule has 1 aliphatic heterocycles. The van der Waals surface area contributed by atoms with Gasteiger partial charge in [-0.05, 0) is 87.8 Å². The molecule has 0 fully saturated rings. The van der Waals surface area contributed by atoms with Crippen LogP contribution in [-0.2, 0) is 0 Å². The summed E-state index contributed by atoms with van der Waals surface area (Å²) in [5.74, 6) is 1.79. The molecule has 3 heterocycles. The van der Waals surface area contributed by atoms with Crippen LogP contribution < -0.4 is 4.74 Å². The Morgan fingerprint density at radius 2 is 0.907 bits per heavy atom. The predicted molar refractivity (Wildman–Crippen MR) is 175 cm³/mol. The number of fused-ring (bicyclic) bond motifs is 8. The van der Waals surface area contributed by atoms with Crippen LogP contribution in [0.1, 0.15) is 0 Å². The number of para-hydroxylation sites is 2. The van der Waals surface area contributed by atoms with E-state index in [1.807, 2.05) is 30.3 Å². The predicted octanol–water partition coefficient (Wildman–Crippen LogP) is 11.7. The first-order valence-corrected chi connectivity index (χ1v) is 14.5. The molecule has 3 heteroatoms. The first-order valence-electron chi connectivity index (χ1n) is 14.5. The molecule has 10 rings (SSSR count). The second-order valence-electron chi connectivity index (χ2n) is 11.3. The Hall–Kier alpha value is -5.80. The molecular weight excluding hydrogens is 528 g/mol. The van der Waals surface area contributed by atoms with Crippen molar-refractivity contribution in [3.8, 4) is 44.9 Å². The van der Waals surface area contributed by atoms with Gasteiger partial charge in [-0.3, -0.25) is 0 Å². The lowest BCUT2D eigenvalue weighted by molar-refractivity contribution is 0.487.